The van der Waals surface area contributed by atoms with E-state index in [1.165, 1.54) is 12.1 Å². The van der Waals surface area contributed by atoms with Crippen LogP contribution in [-0.2, 0) is 0 Å². The van der Waals surface area contributed by atoms with Crippen molar-refractivity contribution in [3.8, 4) is 5.75 Å². The van der Waals surface area contributed by atoms with Crippen molar-refractivity contribution >= 4 is 45.6 Å². The Kier molecular flexibility index (Phi) is 5.60. The summed E-state index contributed by atoms with van der Waals surface area (Å²) in [4.78, 5) is 12.3. The summed E-state index contributed by atoms with van der Waals surface area (Å²) < 4.78 is 18.8. The van der Waals surface area contributed by atoms with E-state index < -0.39 is 11.7 Å². The number of amides is 1. The van der Waals surface area contributed by atoms with Gasteiger partial charge in [0.1, 0.15) is 11.6 Å². The molecule has 0 aliphatic carbocycles. The molecule has 1 heterocycles. The van der Waals surface area contributed by atoms with E-state index in [4.69, 9.17) is 16.3 Å². The van der Waals surface area contributed by atoms with Gasteiger partial charge in [-0.15, -0.1) is 10.2 Å². The second-order valence-electron chi connectivity index (χ2n) is 5.11. The first-order valence-electron chi connectivity index (χ1n) is 7.48. The lowest BCUT2D eigenvalue weighted by molar-refractivity contribution is 0.102. The number of anilines is 1. The summed E-state index contributed by atoms with van der Waals surface area (Å²) in [5.41, 5.74) is 0.928. The molecule has 0 atom stereocenters. The number of aromatic nitrogens is 2. The molecule has 26 heavy (non-hydrogen) atoms. The molecule has 0 fully saturated rings. The van der Waals surface area contributed by atoms with Gasteiger partial charge in [0.2, 0.25) is 5.01 Å². The maximum Gasteiger partial charge on any atom is 0.286 e. The van der Waals surface area contributed by atoms with Crippen molar-refractivity contribution in [2.24, 2.45) is 0 Å². The molecule has 0 unspecified atom stereocenters. The number of ether oxygens (including phenoxy) is 1. The van der Waals surface area contributed by atoms with Gasteiger partial charge in [-0.1, -0.05) is 41.1 Å². The zero-order valence-corrected chi connectivity index (χ0v) is 15.1. The molecule has 0 saturated heterocycles. The van der Waals surface area contributed by atoms with Gasteiger partial charge in [0.15, 0.2) is 5.01 Å². The highest BCUT2D eigenvalue weighted by molar-refractivity contribution is 7.15. The van der Waals surface area contributed by atoms with Crippen LogP contribution in [-0.4, -0.2) is 23.2 Å². The molecule has 132 valence electrons. The second kappa shape index (κ2) is 8.07. The van der Waals surface area contributed by atoms with Crippen molar-refractivity contribution in [3.05, 3.63) is 69.9 Å². The van der Waals surface area contributed by atoms with Crippen LogP contribution in [0.5, 0.6) is 5.75 Å². The van der Waals surface area contributed by atoms with E-state index in [1.54, 1.807) is 49.6 Å². The predicted octanol–water partition coefficient (Wildman–Crippen LogP) is 4.68. The molecule has 3 rings (SSSR count). The number of hydrogen-bond donors (Lipinski definition) is 1. The van der Waals surface area contributed by atoms with E-state index in [2.05, 4.69) is 15.5 Å². The molecule has 1 aromatic heterocycles. The maximum atomic E-state index is 13.7. The van der Waals surface area contributed by atoms with E-state index in [9.17, 15) is 9.18 Å². The summed E-state index contributed by atoms with van der Waals surface area (Å²) >= 11 is 7.20. The first-order valence-corrected chi connectivity index (χ1v) is 8.67. The summed E-state index contributed by atoms with van der Waals surface area (Å²) in [6.45, 7) is 0. The lowest BCUT2D eigenvalue weighted by atomic mass is 10.2. The molecule has 8 heteroatoms. The van der Waals surface area contributed by atoms with Crippen LogP contribution < -0.4 is 10.1 Å². The maximum absolute atomic E-state index is 13.7. The number of nitrogens with one attached hydrogen (secondary N) is 1. The van der Waals surface area contributed by atoms with Crippen molar-refractivity contribution in [2.45, 2.75) is 0 Å². The molecule has 0 aliphatic rings. The van der Waals surface area contributed by atoms with Gasteiger partial charge < -0.3 is 10.1 Å². The Balaban J connectivity index is 1.74. The van der Waals surface area contributed by atoms with E-state index in [0.717, 1.165) is 11.3 Å². The summed E-state index contributed by atoms with van der Waals surface area (Å²) in [7, 11) is 1.56. The number of halogens is 2. The summed E-state index contributed by atoms with van der Waals surface area (Å²) in [6, 6.07) is 13.1. The van der Waals surface area contributed by atoms with Crippen LogP contribution in [0.3, 0.4) is 0 Å². The Hall–Kier alpha value is -2.77. The molecule has 0 radical (unpaired) electrons. The van der Waals surface area contributed by atoms with Gasteiger partial charge in [0.05, 0.1) is 12.1 Å². The van der Waals surface area contributed by atoms with Gasteiger partial charge >= 0.3 is 0 Å². The highest BCUT2D eigenvalue weighted by Gasteiger charge is 2.15. The van der Waals surface area contributed by atoms with Crippen molar-refractivity contribution < 1.29 is 13.9 Å². The fraction of sp³-hybridized carbons (Fsp3) is 0.0556. The third kappa shape index (κ3) is 4.25. The van der Waals surface area contributed by atoms with Gasteiger partial charge in [0, 0.05) is 11.3 Å². The highest BCUT2D eigenvalue weighted by atomic mass is 35.5. The summed E-state index contributed by atoms with van der Waals surface area (Å²) in [6.07, 6.45) is 1.45. The number of nitrogens with zero attached hydrogens (tertiary/aromatic N) is 2. The molecule has 3 aromatic rings. The Morgan fingerprint density at radius 1 is 1.15 bits per heavy atom. The average Bonchev–Trinajstić information content (AvgIpc) is 3.15. The van der Waals surface area contributed by atoms with E-state index in [0.29, 0.717) is 22.0 Å². The predicted molar refractivity (Wildman–Crippen MR) is 101 cm³/mol. The zero-order valence-electron chi connectivity index (χ0n) is 13.6. The minimum absolute atomic E-state index is 0.149. The van der Waals surface area contributed by atoms with Crippen molar-refractivity contribution in [1.82, 2.24) is 10.2 Å². The zero-order chi connectivity index (χ0) is 18.5. The Morgan fingerprint density at radius 2 is 1.85 bits per heavy atom. The molecule has 1 amide bonds. The topological polar surface area (TPSA) is 64.1 Å². The largest absolute Gasteiger partial charge is 0.497 e. The van der Waals surface area contributed by atoms with Crippen LogP contribution >= 0.6 is 22.9 Å². The molecule has 5 nitrogen and oxygen atoms in total. The third-order valence-corrected chi connectivity index (χ3v) is 4.71. The third-order valence-electron chi connectivity index (χ3n) is 3.36. The normalized spacial score (nSPS) is 11.3. The van der Waals surface area contributed by atoms with Crippen LogP contribution in [0.1, 0.15) is 20.4 Å². The Labute approximate surface area is 158 Å². The lowest BCUT2D eigenvalue weighted by Crippen LogP contribution is -2.11. The molecule has 2 aromatic carbocycles. The minimum Gasteiger partial charge on any atom is -0.497 e. The number of carbonyl (C=O) groups excluding carboxylic acids is 1. The van der Waals surface area contributed by atoms with E-state index in [1.807, 2.05) is 0 Å². The first-order chi connectivity index (χ1) is 12.6. The number of methoxy groups -OCH3 is 1. The van der Waals surface area contributed by atoms with Crippen LogP contribution in [0, 0.1) is 5.82 Å². The average molecular weight is 390 g/mol. The molecular weight excluding hydrogens is 377 g/mol. The fourth-order valence-electron chi connectivity index (χ4n) is 2.06. The van der Waals surface area contributed by atoms with E-state index >= 15 is 0 Å². The van der Waals surface area contributed by atoms with Gasteiger partial charge in [-0.3, -0.25) is 4.79 Å². The van der Waals surface area contributed by atoms with E-state index in [-0.39, 0.29) is 10.0 Å². The van der Waals surface area contributed by atoms with Gasteiger partial charge in [-0.2, -0.15) is 0 Å². The molecule has 0 spiro atoms. The summed E-state index contributed by atoms with van der Waals surface area (Å²) in [5.74, 6) is -0.117. The minimum atomic E-state index is -0.408. The standard InChI is InChI=1S/C18H13ClFN3O2S/c1-25-13-8-6-12(7-9-13)21-16(24)18-23-22-17(26-18)14(19)10-11-4-2-3-5-15(11)20/h2-10H,1H3,(H,21,24). The summed E-state index contributed by atoms with van der Waals surface area (Å²) in [5, 5.41) is 11.1. The monoisotopic (exact) mass is 389 g/mol. The smallest absolute Gasteiger partial charge is 0.286 e. The number of carbonyl (C=O) groups is 1. The molecule has 1 N–H and O–H groups in total. The fourth-order valence-corrected chi connectivity index (χ4v) is 2.98. The molecular formula is C18H13ClFN3O2S. The SMILES string of the molecule is COc1ccc(NC(=O)c2nnc(C(Cl)=Cc3ccccc3F)s2)cc1. The van der Waals surface area contributed by atoms with Crippen LogP contribution in [0.2, 0.25) is 0 Å². The molecule has 0 aliphatic heterocycles. The molecule has 0 saturated carbocycles. The van der Waals surface area contributed by atoms with Gasteiger partial charge in [-0.05, 0) is 36.4 Å². The van der Waals surface area contributed by atoms with Crippen LogP contribution in [0.25, 0.3) is 11.1 Å². The molecule has 0 bridgehead atoms. The van der Waals surface area contributed by atoms with Crippen molar-refractivity contribution in [2.75, 3.05) is 12.4 Å². The van der Waals surface area contributed by atoms with Crippen molar-refractivity contribution in [3.63, 3.8) is 0 Å². The number of benzene rings is 2. The van der Waals surface area contributed by atoms with Crippen molar-refractivity contribution in [1.29, 1.82) is 0 Å². The quantitative estimate of drug-likeness (QED) is 0.688. The number of rotatable bonds is 5. The van der Waals surface area contributed by atoms with Crippen LogP contribution in [0.4, 0.5) is 10.1 Å². The lowest BCUT2D eigenvalue weighted by Gasteiger charge is -2.03. The van der Waals surface area contributed by atoms with Crippen LogP contribution in [0.15, 0.2) is 48.5 Å². The first kappa shape index (κ1) is 18.0. The van der Waals surface area contributed by atoms with Gasteiger partial charge in [-0.25, -0.2) is 4.39 Å². The second-order valence-corrected chi connectivity index (χ2v) is 6.49. The Bertz CT molecular complexity index is 957. The number of hydrogen-bond acceptors (Lipinski definition) is 5. The Morgan fingerprint density at radius 3 is 2.54 bits per heavy atom. The van der Waals surface area contributed by atoms with Gasteiger partial charge in [0.25, 0.3) is 5.91 Å². The highest BCUT2D eigenvalue weighted by Crippen LogP contribution is 2.26.